The van der Waals surface area contributed by atoms with Crippen LogP contribution in [0.4, 0.5) is 4.39 Å². The van der Waals surface area contributed by atoms with Crippen LogP contribution in [0.2, 0.25) is 0 Å². The van der Waals surface area contributed by atoms with Crippen molar-refractivity contribution in [3.05, 3.63) is 35.6 Å². The highest BCUT2D eigenvalue weighted by molar-refractivity contribution is 5.20. The number of likely N-dealkylation sites (tertiary alicyclic amines) is 1. The molecule has 0 aromatic heterocycles. The lowest BCUT2D eigenvalue weighted by molar-refractivity contribution is 0.173. The molecule has 2 N–H and O–H groups in total. The number of nitrogens with two attached hydrogens (primary N) is 1. The van der Waals surface area contributed by atoms with Gasteiger partial charge in [-0.2, -0.15) is 0 Å². The Morgan fingerprint density at radius 3 is 2.65 bits per heavy atom. The smallest absolute Gasteiger partial charge is 0.127 e. The zero-order valence-corrected chi connectivity index (χ0v) is 12.5. The number of benzene rings is 1. The molecular formula is C17H27FN2. The quantitative estimate of drug-likeness (QED) is 0.859. The maximum absolute atomic E-state index is 13.6. The summed E-state index contributed by atoms with van der Waals surface area (Å²) in [6.07, 6.45) is 6.11. The van der Waals surface area contributed by atoms with Gasteiger partial charge in [-0.15, -0.1) is 0 Å². The van der Waals surface area contributed by atoms with Gasteiger partial charge in [0.1, 0.15) is 5.82 Å². The zero-order valence-electron chi connectivity index (χ0n) is 12.5. The lowest BCUT2D eigenvalue weighted by atomic mass is 9.92. The molecule has 1 unspecified atom stereocenters. The summed E-state index contributed by atoms with van der Waals surface area (Å²) in [5.41, 5.74) is 6.77. The monoisotopic (exact) mass is 278 g/mol. The predicted octanol–water partition coefficient (Wildman–Crippen LogP) is 3.73. The van der Waals surface area contributed by atoms with Gasteiger partial charge in [-0.25, -0.2) is 4.39 Å². The first-order valence-corrected chi connectivity index (χ1v) is 7.93. The Labute approximate surface area is 122 Å². The van der Waals surface area contributed by atoms with Gasteiger partial charge in [0.15, 0.2) is 0 Å². The average molecular weight is 278 g/mol. The van der Waals surface area contributed by atoms with Gasteiger partial charge in [-0.05, 0) is 50.9 Å². The van der Waals surface area contributed by atoms with Crippen LogP contribution in [0.5, 0.6) is 0 Å². The molecule has 0 aliphatic carbocycles. The SMILES string of the molecule is CCCC1CCN(CCC(N)c2ccccc2F)CC1. The van der Waals surface area contributed by atoms with Gasteiger partial charge >= 0.3 is 0 Å². The van der Waals surface area contributed by atoms with E-state index >= 15 is 0 Å². The molecule has 1 aliphatic heterocycles. The molecular weight excluding hydrogens is 251 g/mol. The predicted molar refractivity (Wildman–Crippen MR) is 82.0 cm³/mol. The third kappa shape index (κ3) is 4.29. The number of piperidine rings is 1. The summed E-state index contributed by atoms with van der Waals surface area (Å²) < 4.78 is 13.6. The van der Waals surface area contributed by atoms with Crippen molar-refractivity contribution in [1.82, 2.24) is 4.90 Å². The summed E-state index contributed by atoms with van der Waals surface area (Å²) in [5, 5.41) is 0. The summed E-state index contributed by atoms with van der Waals surface area (Å²) in [4.78, 5) is 2.48. The molecule has 0 amide bonds. The first kappa shape index (κ1) is 15.5. The number of rotatable bonds is 6. The standard InChI is InChI=1S/C17H27FN2/c1-2-5-14-8-11-20(12-9-14)13-10-17(19)15-6-3-4-7-16(15)18/h3-4,6-7,14,17H,2,5,8-13,19H2,1H3. The minimum absolute atomic E-state index is 0.179. The Kier molecular flexibility index (Phi) is 5.99. The van der Waals surface area contributed by atoms with Gasteiger partial charge in [0.05, 0.1) is 0 Å². The van der Waals surface area contributed by atoms with Crippen LogP contribution in [0.25, 0.3) is 0 Å². The van der Waals surface area contributed by atoms with Crippen molar-refractivity contribution in [3.8, 4) is 0 Å². The summed E-state index contributed by atoms with van der Waals surface area (Å²) in [5.74, 6) is 0.734. The maximum atomic E-state index is 13.6. The van der Waals surface area contributed by atoms with Crippen molar-refractivity contribution in [2.45, 2.75) is 45.1 Å². The summed E-state index contributed by atoms with van der Waals surface area (Å²) in [7, 11) is 0. The largest absolute Gasteiger partial charge is 0.324 e. The fourth-order valence-electron chi connectivity index (χ4n) is 3.16. The lowest BCUT2D eigenvalue weighted by Gasteiger charge is -2.32. The van der Waals surface area contributed by atoms with Crippen LogP contribution in [0.3, 0.4) is 0 Å². The minimum Gasteiger partial charge on any atom is -0.324 e. The van der Waals surface area contributed by atoms with Crippen LogP contribution in [0.15, 0.2) is 24.3 Å². The van der Waals surface area contributed by atoms with Crippen molar-refractivity contribution in [2.24, 2.45) is 11.7 Å². The van der Waals surface area contributed by atoms with Crippen molar-refractivity contribution >= 4 is 0 Å². The Balaban J connectivity index is 1.75. The van der Waals surface area contributed by atoms with E-state index in [2.05, 4.69) is 11.8 Å². The van der Waals surface area contributed by atoms with Gasteiger partial charge < -0.3 is 10.6 Å². The topological polar surface area (TPSA) is 29.3 Å². The van der Waals surface area contributed by atoms with Gasteiger partial charge in [0.25, 0.3) is 0 Å². The summed E-state index contributed by atoms with van der Waals surface area (Å²) in [6, 6.07) is 6.67. The summed E-state index contributed by atoms with van der Waals surface area (Å²) >= 11 is 0. The number of nitrogens with zero attached hydrogens (tertiary/aromatic N) is 1. The Morgan fingerprint density at radius 1 is 1.30 bits per heavy atom. The van der Waals surface area contributed by atoms with Crippen molar-refractivity contribution in [2.75, 3.05) is 19.6 Å². The van der Waals surface area contributed by atoms with Crippen LogP contribution in [-0.2, 0) is 0 Å². The minimum atomic E-state index is -0.190. The second-order valence-electron chi connectivity index (χ2n) is 5.99. The Morgan fingerprint density at radius 2 is 2.00 bits per heavy atom. The number of hydrogen-bond donors (Lipinski definition) is 1. The van der Waals surface area contributed by atoms with Gasteiger partial charge in [0.2, 0.25) is 0 Å². The molecule has 2 rings (SSSR count). The highest BCUT2D eigenvalue weighted by Gasteiger charge is 2.19. The van der Waals surface area contributed by atoms with Crippen LogP contribution in [0.1, 0.15) is 50.6 Å². The molecule has 1 fully saturated rings. The fourth-order valence-corrected chi connectivity index (χ4v) is 3.16. The van der Waals surface area contributed by atoms with E-state index in [4.69, 9.17) is 5.73 Å². The normalized spacial score (nSPS) is 19.1. The maximum Gasteiger partial charge on any atom is 0.127 e. The third-order valence-electron chi connectivity index (χ3n) is 4.47. The third-order valence-corrected chi connectivity index (χ3v) is 4.47. The number of halogens is 1. The van der Waals surface area contributed by atoms with E-state index in [1.54, 1.807) is 12.1 Å². The molecule has 112 valence electrons. The van der Waals surface area contributed by atoms with E-state index in [0.717, 1.165) is 18.9 Å². The Bertz CT molecular complexity index is 400. The van der Waals surface area contributed by atoms with E-state index in [1.165, 1.54) is 44.8 Å². The molecule has 0 bridgehead atoms. The molecule has 1 heterocycles. The highest BCUT2D eigenvalue weighted by atomic mass is 19.1. The van der Waals surface area contributed by atoms with Crippen LogP contribution in [0, 0.1) is 11.7 Å². The van der Waals surface area contributed by atoms with Crippen molar-refractivity contribution in [3.63, 3.8) is 0 Å². The van der Waals surface area contributed by atoms with Crippen molar-refractivity contribution in [1.29, 1.82) is 0 Å². The average Bonchev–Trinajstić information content (AvgIpc) is 2.47. The molecule has 0 radical (unpaired) electrons. The van der Waals surface area contributed by atoms with Gasteiger partial charge in [-0.1, -0.05) is 38.0 Å². The molecule has 0 saturated carbocycles. The van der Waals surface area contributed by atoms with E-state index in [1.807, 2.05) is 6.07 Å². The molecule has 20 heavy (non-hydrogen) atoms. The van der Waals surface area contributed by atoms with Crippen LogP contribution < -0.4 is 5.73 Å². The summed E-state index contributed by atoms with van der Waals surface area (Å²) in [6.45, 7) is 5.59. The van der Waals surface area contributed by atoms with E-state index in [9.17, 15) is 4.39 Å². The zero-order chi connectivity index (χ0) is 14.4. The molecule has 1 aliphatic rings. The molecule has 1 saturated heterocycles. The first-order chi connectivity index (χ1) is 9.70. The second kappa shape index (κ2) is 7.75. The van der Waals surface area contributed by atoms with Crippen LogP contribution in [-0.4, -0.2) is 24.5 Å². The van der Waals surface area contributed by atoms with Crippen LogP contribution >= 0.6 is 0 Å². The van der Waals surface area contributed by atoms with Gasteiger partial charge in [-0.3, -0.25) is 0 Å². The molecule has 1 atom stereocenters. The number of hydrogen-bond acceptors (Lipinski definition) is 2. The molecule has 1 aromatic rings. The molecule has 0 spiro atoms. The molecule has 2 nitrogen and oxygen atoms in total. The lowest BCUT2D eigenvalue weighted by Crippen LogP contribution is -2.35. The van der Waals surface area contributed by atoms with E-state index in [-0.39, 0.29) is 11.9 Å². The highest BCUT2D eigenvalue weighted by Crippen LogP contribution is 2.23. The molecule has 1 aromatic carbocycles. The second-order valence-corrected chi connectivity index (χ2v) is 5.99. The Hall–Kier alpha value is -0.930. The van der Waals surface area contributed by atoms with Crippen molar-refractivity contribution < 1.29 is 4.39 Å². The van der Waals surface area contributed by atoms with Gasteiger partial charge in [0, 0.05) is 11.6 Å². The van der Waals surface area contributed by atoms with E-state index < -0.39 is 0 Å². The molecule has 3 heteroatoms. The first-order valence-electron chi connectivity index (χ1n) is 7.93. The van der Waals surface area contributed by atoms with E-state index in [0.29, 0.717) is 5.56 Å². The fraction of sp³-hybridized carbons (Fsp3) is 0.647.